The molecule has 84 valence electrons. The predicted octanol–water partition coefficient (Wildman–Crippen LogP) is 3.19. The zero-order valence-electron chi connectivity index (χ0n) is 8.95. The van der Waals surface area contributed by atoms with E-state index >= 15 is 0 Å². The third-order valence-corrected chi connectivity index (χ3v) is 2.35. The van der Waals surface area contributed by atoms with Crippen LogP contribution < -0.4 is 0 Å². The van der Waals surface area contributed by atoms with E-state index in [1.165, 1.54) is 0 Å². The van der Waals surface area contributed by atoms with E-state index in [1.807, 2.05) is 12.1 Å². The molecule has 0 aromatic heterocycles. The monoisotopic (exact) mass is 228 g/mol. The number of benzene rings is 1. The molecule has 0 aliphatic heterocycles. The highest BCUT2D eigenvalue weighted by Gasteiger charge is 2.07. The molecule has 0 amide bonds. The van der Waals surface area contributed by atoms with Gasteiger partial charge >= 0.3 is 0 Å². The molecule has 1 atom stereocenters. The van der Waals surface area contributed by atoms with Crippen molar-refractivity contribution in [3.05, 3.63) is 34.9 Å². The highest BCUT2D eigenvalue weighted by molar-refractivity contribution is 6.30. The average molecular weight is 229 g/mol. The van der Waals surface area contributed by atoms with E-state index in [2.05, 4.69) is 6.92 Å². The highest BCUT2D eigenvalue weighted by atomic mass is 35.5. The van der Waals surface area contributed by atoms with Crippen LogP contribution in [-0.4, -0.2) is 18.3 Å². The van der Waals surface area contributed by atoms with E-state index < -0.39 is 6.10 Å². The maximum absolute atomic E-state index is 9.81. The maximum Gasteiger partial charge on any atom is 0.0812 e. The summed E-state index contributed by atoms with van der Waals surface area (Å²) in [7, 11) is 0. The quantitative estimate of drug-likeness (QED) is 0.758. The molecule has 0 spiro atoms. The molecule has 1 rings (SSSR count). The molecule has 1 aromatic rings. The molecule has 15 heavy (non-hydrogen) atoms. The lowest BCUT2D eigenvalue weighted by molar-refractivity contribution is 0.0822. The lowest BCUT2D eigenvalue weighted by atomic mass is 10.1. The van der Waals surface area contributed by atoms with Gasteiger partial charge in [-0.2, -0.15) is 0 Å². The van der Waals surface area contributed by atoms with E-state index in [9.17, 15) is 5.11 Å². The number of aliphatic hydroxyl groups is 1. The Kier molecular flexibility index (Phi) is 5.69. The topological polar surface area (TPSA) is 29.5 Å². The van der Waals surface area contributed by atoms with E-state index in [4.69, 9.17) is 16.3 Å². The zero-order valence-corrected chi connectivity index (χ0v) is 9.70. The Morgan fingerprint density at radius 2 is 2.20 bits per heavy atom. The Morgan fingerprint density at radius 3 is 2.87 bits per heavy atom. The van der Waals surface area contributed by atoms with Crippen molar-refractivity contribution in [1.29, 1.82) is 0 Å². The summed E-state index contributed by atoms with van der Waals surface area (Å²) in [6.07, 6.45) is 1.13. The lowest BCUT2D eigenvalue weighted by Crippen LogP contribution is -2.03. The van der Waals surface area contributed by atoms with Gasteiger partial charge in [0.15, 0.2) is 0 Å². The van der Waals surface area contributed by atoms with Crippen molar-refractivity contribution in [3.8, 4) is 0 Å². The molecule has 0 aliphatic rings. The molecular formula is C12H17ClO2. The number of aliphatic hydroxyl groups excluding tert-OH is 1. The summed E-state index contributed by atoms with van der Waals surface area (Å²) in [5.41, 5.74) is 0.850. The minimum Gasteiger partial charge on any atom is -0.388 e. The fourth-order valence-electron chi connectivity index (χ4n) is 1.32. The molecular weight excluding hydrogens is 212 g/mol. The maximum atomic E-state index is 9.81. The Balaban J connectivity index is 2.36. The molecule has 0 aliphatic carbocycles. The summed E-state index contributed by atoms with van der Waals surface area (Å²) in [5, 5.41) is 10.5. The number of hydrogen-bond acceptors (Lipinski definition) is 2. The van der Waals surface area contributed by atoms with Crippen LogP contribution in [0.15, 0.2) is 24.3 Å². The van der Waals surface area contributed by atoms with E-state index in [1.54, 1.807) is 12.1 Å². The van der Waals surface area contributed by atoms with Gasteiger partial charge in [-0.15, -0.1) is 0 Å². The second kappa shape index (κ2) is 6.83. The van der Waals surface area contributed by atoms with Crippen LogP contribution in [-0.2, 0) is 4.74 Å². The predicted molar refractivity (Wildman–Crippen MR) is 62.1 cm³/mol. The molecule has 3 heteroatoms. The van der Waals surface area contributed by atoms with E-state index in [0.29, 0.717) is 18.1 Å². The molecule has 1 unspecified atom stereocenters. The fourth-order valence-corrected chi connectivity index (χ4v) is 1.52. The van der Waals surface area contributed by atoms with Crippen LogP contribution in [0.25, 0.3) is 0 Å². The highest BCUT2D eigenvalue weighted by Crippen LogP contribution is 2.20. The van der Waals surface area contributed by atoms with E-state index in [0.717, 1.165) is 18.6 Å². The molecule has 0 saturated carbocycles. The zero-order chi connectivity index (χ0) is 11.1. The van der Waals surface area contributed by atoms with Crippen molar-refractivity contribution < 1.29 is 9.84 Å². The Hall–Kier alpha value is -0.570. The van der Waals surface area contributed by atoms with Gasteiger partial charge in [0, 0.05) is 24.7 Å². The van der Waals surface area contributed by atoms with Crippen molar-refractivity contribution in [1.82, 2.24) is 0 Å². The van der Waals surface area contributed by atoms with Crippen LogP contribution in [0.5, 0.6) is 0 Å². The average Bonchev–Trinajstić information content (AvgIpc) is 2.24. The molecule has 1 aromatic carbocycles. The minimum absolute atomic E-state index is 0.486. The van der Waals surface area contributed by atoms with Gasteiger partial charge in [0.2, 0.25) is 0 Å². The van der Waals surface area contributed by atoms with Crippen LogP contribution in [0, 0.1) is 0 Å². The third kappa shape index (κ3) is 4.65. The summed E-state index contributed by atoms with van der Waals surface area (Å²) in [5.74, 6) is 0. The van der Waals surface area contributed by atoms with Crippen LogP contribution >= 0.6 is 11.6 Å². The van der Waals surface area contributed by atoms with Crippen molar-refractivity contribution in [2.75, 3.05) is 13.2 Å². The van der Waals surface area contributed by atoms with Gasteiger partial charge in [-0.05, 0) is 24.1 Å². The van der Waals surface area contributed by atoms with Crippen molar-refractivity contribution >= 4 is 11.6 Å². The molecule has 0 bridgehead atoms. The van der Waals surface area contributed by atoms with Crippen LogP contribution in [0.3, 0.4) is 0 Å². The first kappa shape index (κ1) is 12.5. The van der Waals surface area contributed by atoms with Crippen LogP contribution in [0.1, 0.15) is 31.4 Å². The lowest BCUT2D eigenvalue weighted by Gasteiger charge is -2.11. The number of ether oxygens (including phenoxy) is 1. The van der Waals surface area contributed by atoms with E-state index in [-0.39, 0.29) is 0 Å². The first-order chi connectivity index (χ1) is 7.24. The summed E-state index contributed by atoms with van der Waals surface area (Å²) in [4.78, 5) is 0. The third-order valence-electron chi connectivity index (χ3n) is 2.12. The molecule has 2 nitrogen and oxygen atoms in total. The number of rotatable bonds is 6. The number of halogens is 1. The molecule has 0 radical (unpaired) electrons. The van der Waals surface area contributed by atoms with Crippen molar-refractivity contribution in [2.24, 2.45) is 0 Å². The molecule has 0 fully saturated rings. The summed E-state index contributed by atoms with van der Waals surface area (Å²) < 4.78 is 5.31. The molecule has 1 N–H and O–H groups in total. The van der Waals surface area contributed by atoms with Crippen molar-refractivity contribution in [3.63, 3.8) is 0 Å². The Bertz CT molecular complexity index is 289. The van der Waals surface area contributed by atoms with Gasteiger partial charge in [-0.25, -0.2) is 0 Å². The van der Waals surface area contributed by atoms with Crippen LogP contribution in [0.4, 0.5) is 0 Å². The van der Waals surface area contributed by atoms with Crippen LogP contribution in [0.2, 0.25) is 5.02 Å². The Labute approximate surface area is 95.8 Å². The van der Waals surface area contributed by atoms with Crippen molar-refractivity contribution in [2.45, 2.75) is 25.9 Å². The minimum atomic E-state index is -0.486. The standard InChI is InChI=1S/C12H17ClO2/c1-2-7-15-8-6-12(14)10-4-3-5-11(13)9-10/h3-5,9,12,14H,2,6-8H2,1H3. The first-order valence-corrected chi connectivity index (χ1v) is 5.63. The second-order valence-corrected chi connectivity index (χ2v) is 3.91. The second-order valence-electron chi connectivity index (χ2n) is 3.47. The van der Waals surface area contributed by atoms with Gasteiger partial charge in [0.05, 0.1) is 6.10 Å². The molecule has 0 saturated heterocycles. The number of hydrogen-bond donors (Lipinski definition) is 1. The fraction of sp³-hybridized carbons (Fsp3) is 0.500. The van der Waals surface area contributed by atoms with Gasteiger partial charge in [0.25, 0.3) is 0 Å². The largest absolute Gasteiger partial charge is 0.388 e. The van der Waals surface area contributed by atoms with Gasteiger partial charge in [0.1, 0.15) is 0 Å². The summed E-state index contributed by atoms with van der Waals surface area (Å²) in [6.45, 7) is 3.40. The Morgan fingerprint density at radius 1 is 1.40 bits per heavy atom. The summed E-state index contributed by atoms with van der Waals surface area (Å²) in [6, 6.07) is 7.29. The van der Waals surface area contributed by atoms with Gasteiger partial charge < -0.3 is 9.84 Å². The first-order valence-electron chi connectivity index (χ1n) is 5.25. The molecule has 0 heterocycles. The normalized spacial score (nSPS) is 12.7. The smallest absolute Gasteiger partial charge is 0.0812 e. The van der Waals surface area contributed by atoms with Gasteiger partial charge in [-0.3, -0.25) is 0 Å². The SMILES string of the molecule is CCCOCCC(O)c1cccc(Cl)c1. The summed E-state index contributed by atoms with van der Waals surface area (Å²) >= 11 is 5.83. The van der Waals surface area contributed by atoms with Gasteiger partial charge in [-0.1, -0.05) is 30.7 Å².